The van der Waals surface area contributed by atoms with Gasteiger partial charge in [-0.15, -0.1) is 40.6 Å². The van der Waals surface area contributed by atoms with Gasteiger partial charge in [0.05, 0.1) is 0 Å². The third-order valence-electron chi connectivity index (χ3n) is 6.13. The van der Waals surface area contributed by atoms with E-state index in [1.165, 1.54) is 73.6 Å². The molecule has 0 heterocycles. The Morgan fingerprint density at radius 2 is 1.37 bits per heavy atom. The van der Waals surface area contributed by atoms with Gasteiger partial charge < -0.3 is 24.8 Å². The topological polar surface area (TPSA) is 0 Å². The van der Waals surface area contributed by atoms with Gasteiger partial charge in [-0.1, -0.05) is 80.1 Å². The van der Waals surface area contributed by atoms with E-state index in [9.17, 15) is 0 Å². The summed E-state index contributed by atoms with van der Waals surface area (Å²) in [4.78, 5) is 0. The first-order valence-electron chi connectivity index (χ1n) is 11.5. The van der Waals surface area contributed by atoms with Gasteiger partial charge in [0.1, 0.15) is 0 Å². The Morgan fingerprint density at radius 3 is 2.00 bits per heavy atom. The van der Waals surface area contributed by atoms with Crippen molar-refractivity contribution in [3.63, 3.8) is 0 Å². The van der Waals surface area contributed by atoms with Crippen LogP contribution in [0, 0.1) is 6.07 Å². The van der Waals surface area contributed by atoms with Gasteiger partial charge in [-0.25, -0.2) is 12.1 Å². The van der Waals surface area contributed by atoms with Crippen molar-refractivity contribution >= 4 is 25.3 Å². The molecule has 0 N–H and O–H groups in total. The summed E-state index contributed by atoms with van der Waals surface area (Å²) in [7, 11) is 0. The molecule has 0 saturated carbocycles. The zero-order valence-electron chi connectivity index (χ0n) is 20.7. The maximum Gasteiger partial charge on any atom is -0.0240 e. The van der Waals surface area contributed by atoms with Crippen molar-refractivity contribution in [2.75, 3.05) is 0 Å². The zero-order chi connectivity index (χ0) is 23.4. The largest absolute Gasteiger partial charge is 1.00 e. The molecular formula is C32H30Cl2Zr-2. The summed E-state index contributed by atoms with van der Waals surface area (Å²) in [5, 5.41) is 5.30. The molecule has 0 aromatic heterocycles. The van der Waals surface area contributed by atoms with Crippen molar-refractivity contribution in [3.8, 4) is 11.1 Å². The fourth-order valence-electron chi connectivity index (χ4n) is 4.60. The third-order valence-corrected chi connectivity index (χ3v) is 6.13. The van der Waals surface area contributed by atoms with Crippen LogP contribution in [-0.2, 0) is 36.1 Å². The van der Waals surface area contributed by atoms with Gasteiger partial charge in [0.15, 0.2) is 0 Å². The molecule has 3 heteroatoms. The van der Waals surface area contributed by atoms with Gasteiger partial charge in [-0.2, -0.15) is 17.7 Å². The summed E-state index contributed by atoms with van der Waals surface area (Å²) >= 11 is 1.51. The Balaban J connectivity index is 0.000000263. The quantitative estimate of drug-likeness (QED) is 0.193. The van der Waals surface area contributed by atoms with Crippen LogP contribution in [0.25, 0.3) is 32.7 Å². The van der Waals surface area contributed by atoms with Crippen LogP contribution >= 0.6 is 0 Å². The van der Waals surface area contributed by atoms with Gasteiger partial charge in [0, 0.05) is 0 Å². The maximum atomic E-state index is 3.48. The fourth-order valence-corrected chi connectivity index (χ4v) is 4.60. The van der Waals surface area contributed by atoms with Crippen LogP contribution in [0.3, 0.4) is 0 Å². The Bertz CT molecular complexity index is 1390. The second kappa shape index (κ2) is 12.9. The van der Waals surface area contributed by atoms with Gasteiger partial charge in [-0.3, -0.25) is 0 Å². The van der Waals surface area contributed by atoms with Crippen molar-refractivity contribution in [1.82, 2.24) is 0 Å². The molecule has 0 aliphatic heterocycles. The molecule has 6 rings (SSSR count). The Hall–Kier alpha value is -1.92. The molecule has 0 fully saturated rings. The molecule has 5 aromatic carbocycles. The van der Waals surface area contributed by atoms with Gasteiger partial charge in [-0.05, 0) is 28.5 Å². The van der Waals surface area contributed by atoms with E-state index in [1.807, 2.05) is 13.0 Å². The van der Waals surface area contributed by atoms with Gasteiger partial charge in [0.2, 0.25) is 0 Å². The summed E-state index contributed by atoms with van der Waals surface area (Å²) in [5.74, 6) is 0. The predicted molar refractivity (Wildman–Crippen MR) is 141 cm³/mol. The molecule has 0 radical (unpaired) electrons. The smallest absolute Gasteiger partial charge is 0.0240 e. The fraction of sp³-hybridized carbons (Fsp3) is 0.188. The molecule has 0 amide bonds. The number of benzene rings is 4. The molecular weight excluding hydrogens is 546 g/mol. The minimum atomic E-state index is 0. The summed E-state index contributed by atoms with van der Waals surface area (Å²) in [5.41, 5.74) is 7.41. The standard InChI is InChI=1S/C21H13.C9H13.C2H4.2ClH.Zr/c1-2-8-15-14(7-1)13-20-18-11-4-3-9-16(18)17-10-5-6-12-19(17)21(15)20;1-9(2,3)8-6-4-5-7-8;1-2;;;/h1-10,12H,13H2;4-7H,1-3H3;1H,2H3;2*1H;/q2*-1;;;;+2/p-2. The minimum Gasteiger partial charge on any atom is -1.00 e. The second-order valence-corrected chi connectivity index (χ2v) is 10.8. The summed E-state index contributed by atoms with van der Waals surface area (Å²) < 4.78 is 2.09. The Morgan fingerprint density at radius 1 is 0.800 bits per heavy atom. The van der Waals surface area contributed by atoms with Crippen molar-refractivity contribution in [3.05, 3.63) is 114 Å². The minimum absolute atomic E-state index is 0. The number of rotatable bonds is 0. The van der Waals surface area contributed by atoms with Crippen molar-refractivity contribution in [1.29, 1.82) is 0 Å². The number of halogens is 2. The molecule has 1 aliphatic carbocycles. The average Bonchev–Trinajstić information content (AvgIpc) is 3.49. The summed E-state index contributed by atoms with van der Waals surface area (Å²) in [6.45, 7) is 8.71. The molecule has 0 unspecified atom stereocenters. The van der Waals surface area contributed by atoms with Crippen LogP contribution in [0.2, 0.25) is 0 Å². The molecule has 1 aliphatic rings. The van der Waals surface area contributed by atoms with E-state index in [4.69, 9.17) is 0 Å². The number of hydrogen-bond donors (Lipinski definition) is 0. The Kier molecular flexibility index (Phi) is 10.8. The van der Waals surface area contributed by atoms with Crippen LogP contribution in [0.15, 0.2) is 91.0 Å². The van der Waals surface area contributed by atoms with E-state index in [1.54, 1.807) is 0 Å². The second-order valence-electron chi connectivity index (χ2n) is 9.40. The first-order valence-corrected chi connectivity index (χ1v) is 13.0. The molecule has 0 nitrogen and oxygen atoms in total. The van der Waals surface area contributed by atoms with Crippen molar-refractivity contribution in [2.24, 2.45) is 0 Å². The molecule has 35 heavy (non-hydrogen) atoms. The third kappa shape index (κ3) is 6.26. The SMILES string of the molecule is CC(C)(C)[c-]1cccc1.C[CH]=[Zr+2].[Cl-].[Cl-].[c-]1cccc2c1c1c(c3ccccc32)-c2ccccc2C1. The normalized spacial score (nSPS) is 11.0. The van der Waals surface area contributed by atoms with Crippen LogP contribution in [0.1, 0.15) is 44.4 Å². The molecule has 0 atom stereocenters. The van der Waals surface area contributed by atoms with E-state index in [-0.39, 0.29) is 24.8 Å². The van der Waals surface area contributed by atoms with Crippen LogP contribution < -0.4 is 24.8 Å². The van der Waals surface area contributed by atoms with E-state index in [2.05, 4.69) is 115 Å². The van der Waals surface area contributed by atoms with E-state index in [0.29, 0.717) is 5.41 Å². The monoisotopic (exact) mass is 574 g/mol. The summed E-state index contributed by atoms with van der Waals surface area (Å²) in [6, 6.07) is 35.8. The number of fused-ring (bicyclic) bond motifs is 8. The van der Waals surface area contributed by atoms with Crippen molar-refractivity contribution < 1.29 is 49.0 Å². The van der Waals surface area contributed by atoms with Crippen LogP contribution in [-0.4, -0.2) is 3.71 Å². The molecule has 0 bridgehead atoms. The van der Waals surface area contributed by atoms with E-state index in [0.717, 1.165) is 6.42 Å². The zero-order valence-corrected chi connectivity index (χ0v) is 24.7. The van der Waals surface area contributed by atoms with Crippen LogP contribution in [0.4, 0.5) is 0 Å². The van der Waals surface area contributed by atoms with E-state index < -0.39 is 0 Å². The summed E-state index contributed by atoms with van der Waals surface area (Å²) in [6.07, 6.45) is 1.02. The number of hydrogen-bond acceptors (Lipinski definition) is 0. The molecule has 0 saturated heterocycles. The molecule has 0 spiro atoms. The predicted octanol–water partition coefficient (Wildman–Crippen LogP) is 2.43. The molecule has 5 aromatic rings. The Labute approximate surface area is 237 Å². The molecule has 178 valence electrons. The first kappa shape index (κ1) is 29.3. The maximum absolute atomic E-state index is 3.48. The van der Waals surface area contributed by atoms with Crippen molar-refractivity contribution in [2.45, 2.75) is 39.5 Å². The van der Waals surface area contributed by atoms with Gasteiger partial charge >= 0.3 is 34.9 Å². The van der Waals surface area contributed by atoms with Crippen LogP contribution in [0.5, 0.6) is 0 Å². The first-order chi connectivity index (χ1) is 16.0. The van der Waals surface area contributed by atoms with Gasteiger partial charge in [0.25, 0.3) is 0 Å². The van der Waals surface area contributed by atoms with E-state index >= 15 is 0 Å². The average molecular weight is 577 g/mol.